The normalized spacial score (nSPS) is 25.2. The van der Waals surface area contributed by atoms with E-state index in [2.05, 4.69) is 14.6 Å². The van der Waals surface area contributed by atoms with Gasteiger partial charge in [-0.15, -0.1) is 0 Å². The summed E-state index contributed by atoms with van der Waals surface area (Å²) in [6.07, 6.45) is 3.72. The van der Waals surface area contributed by atoms with Crippen molar-refractivity contribution in [3.63, 3.8) is 0 Å². The van der Waals surface area contributed by atoms with Crippen molar-refractivity contribution in [1.82, 2.24) is 19.6 Å². The molecule has 2 aromatic heterocycles. The number of aryl methyl sites for hydroxylation is 2. The summed E-state index contributed by atoms with van der Waals surface area (Å²) in [7, 11) is -3.50. The monoisotopic (exact) mass is 452 g/mol. The highest BCUT2D eigenvalue weighted by Gasteiger charge is 2.41. The highest BCUT2D eigenvalue weighted by atomic mass is 32.2. The van der Waals surface area contributed by atoms with Crippen molar-refractivity contribution < 1.29 is 12.8 Å². The molecule has 7 nitrogen and oxygen atoms in total. The summed E-state index contributed by atoms with van der Waals surface area (Å²) < 4.78 is 33.8. The Morgan fingerprint density at radius 1 is 1.16 bits per heavy atom. The van der Waals surface area contributed by atoms with Crippen LogP contribution in [-0.2, 0) is 10.0 Å². The Labute approximate surface area is 188 Å². The standard InChI is InChI=1S/C24H28N4O3S/c1-16-5-7-20(8-6-16)32(29,30)25-14-19-12-18-9-10-28(19)15-21(18)22-13-23(27-17(2)26-22)24-4-3-11-31-24/h3-8,11,13,18-19,21,25H,9-10,12,14-15H2,1-2H3/t18-,19-,21+/m1/s1. The number of hydrogen-bond acceptors (Lipinski definition) is 6. The Kier molecular flexibility index (Phi) is 5.61. The van der Waals surface area contributed by atoms with E-state index in [1.165, 1.54) is 0 Å². The largest absolute Gasteiger partial charge is 0.463 e. The molecule has 2 bridgehead atoms. The Morgan fingerprint density at radius 3 is 2.66 bits per heavy atom. The van der Waals surface area contributed by atoms with Crippen molar-refractivity contribution in [3.05, 3.63) is 65.8 Å². The van der Waals surface area contributed by atoms with Crippen molar-refractivity contribution in [3.8, 4) is 11.5 Å². The van der Waals surface area contributed by atoms with Gasteiger partial charge in [-0.25, -0.2) is 23.1 Å². The van der Waals surface area contributed by atoms with Crippen molar-refractivity contribution in [2.45, 2.75) is 43.5 Å². The van der Waals surface area contributed by atoms with E-state index in [1.54, 1.807) is 18.4 Å². The number of furan rings is 1. The predicted octanol–water partition coefficient (Wildman–Crippen LogP) is 3.51. The SMILES string of the molecule is Cc1ccc(S(=O)(=O)NC[C@H]2C[C@H]3CCN2C[C@@H]3c2cc(-c3ccco3)nc(C)n2)cc1. The molecule has 3 aliphatic heterocycles. The zero-order valence-electron chi connectivity index (χ0n) is 18.4. The first kappa shape index (κ1) is 21.3. The molecule has 32 heavy (non-hydrogen) atoms. The van der Waals surface area contributed by atoms with Gasteiger partial charge in [0.2, 0.25) is 10.0 Å². The molecule has 3 saturated heterocycles. The maximum Gasteiger partial charge on any atom is 0.240 e. The Hall–Kier alpha value is -2.55. The van der Waals surface area contributed by atoms with Crippen molar-refractivity contribution in [1.29, 1.82) is 0 Å². The highest BCUT2D eigenvalue weighted by molar-refractivity contribution is 7.89. The number of benzene rings is 1. The molecule has 0 radical (unpaired) electrons. The van der Waals surface area contributed by atoms with Crippen molar-refractivity contribution >= 4 is 10.0 Å². The molecule has 0 aliphatic carbocycles. The minimum Gasteiger partial charge on any atom is -0.463 e. The summed E-state index contributed by atoms with van der Waals surface area (Å²) in [5.41, 5.74) is 2.91. The van der Waals surface area contributed by atoms with Gasteiger partial charge < -0.3 is 4.42 Å². The summed E-state index contributed by atoms with van der Waals surface area (Å²) in [6, 6.07) is 13.0. The van der Waals surface area contributed by atoms with Gasteiger partial charge in [-0.1, -0.05) is 17.7 Å². The van der Waals surface area contributed by atoms with Crippen LogP contribution in [0.2, 0.25) is 0 Å². The van der Waals surface area contributed by atoms with E-state index < -0.39 is 10.0 Å². The summed E-state index contributed by atoms with van der Waals surface area (Å²) in [6.45, 7) is 6.17. The summed E-state index contributed by atoms with van der Waals surface area (Å²) in [5.74, 6) is 2.30. The topological polar surface area (TPSA) is 88.3 Å². The quantitative estimate of drug-likeness (QED) is 0.616. The third-order valence-corrected chi connectivity index (χ3v) is 8.17. The van der Waals surface area contributed by atoms with Crippen LogP contribution in [0.1, 0.15) is 35.8 Å². The second kappa shape index (κ2) is 8.42. The van der Waals surface area contributed by atoms with Crippen LogP contribution in [0.4, 0.5) is 0 Å². The molecule has 0 saturated carbocycles. The minimum absolute atomic E-state index is 0.206. The minimum atomic E-state index is -3.50. The molecule has 5 heterocycles. The molecule has 6 rings (SSSR count). The van der Waals surface area contributed by atoms with Gasteiger partial charge >= 0.3 is 0 Å². The molecule has 3 aliphatic rings. The molecular weight excluding hydrogens is 424 g/mol. The third-order valence-electron chi connectivity index (χ3n) is 6.73. The van der Waals surface area contributed by atoms with Crippen LogP contribution in [-0.4, -0.2) is 49.0 Å². The van der Waals surface area contributed by atoms with Crippen LogP contribution in [0.25, 0.3) is 11.5 Å². The number of fused-ring (bicyclic) bond motifs is 3. The second-order valence-corrected chi connectivity index (χ2v) is 10.7. The predicted molar refractivity (Wildman–Crippen MR) is 122 cm³/mol. The fourth-order valence-corrected chi connectivity index (χ4v) is 6.10. The average molecular weight is 453 g/mol. The summed E-state index contributed by atoms with van der Waals surface area (Å²) in [4.78, 5) is 12.0. The summed E-state index contributed by atoms with van der Waals surface area (Å²) >= 11 is 0. The number of nitrogens with zero attached hydrogens (tertiary/aromatic N) is 3. The van der Waals surface area contributed by atoms with Gasteiger partial charge in [0.05, 0.1) is 11.2 Å². The first-order chi connectivity index (χ1) is 15.4. The maximum atomic E-state index is 12.7. The number of aromatic nitrogens is 2. The molecule has 1 N–H and O–H groups in total. The van der Waals surface area contributed by atoms with Crippen molar-refractivity contribution in [2.75, 3.05) is 19.6 Å². The fourth-order valence-electron chi connectivity index (χ4n) is 5.02. The molecule has 0 spiro atoms. The third kappa shape index (κ3) is 4.22. The van der Waals surface area contributed by atoms with Crippen LogP contribution < -0.4 is 4.72 Å². The first-order valence-corrected chi connectivity index (χ1v) is 12.6. The van der Waals surface area contributed by atoms with Crippen LogP contribution in [0.5, 0.6) is 0 Å². The molecule has 0 amide bonds. The molecular formula is C24H28N4O3S. The number of nitrogens with one attached hydrogen (secondary N) is 1. The highest BCUT2D eigenvalue weighted by Crippen LogP contribution is 2.41. The maximum absolute atomic E-state index is 12.7. The second-order valence-electron chi connectivity index (χ2n) is 8.91. The van der Waals surface area contributed by atoms with Crippen LogP contribution in [0.15, 0.2) is 58.0 Å². The molecule has 4 atom stereocenters. The molecule has 1 aromatic carbocycles. The van der Waals surface area contributed by atoms with E-state index in [1.807, 2.05) is 44.2 Å². The Bertz CT molecular complexity index is 1190. The number of piperidine rings is 3. The van der Waals surface area contributed by atoms with E-state index in [0.717, 1.165) is 54.5 Å². The van der Waals surface area contributed by atoms with Crippen LogP contribution >= 0.6 is 0 Å². The zero-order valence-corrected chi connectivity index (χ0v) is 19.2. The fraction of sp³-hybridized carbons (Fsp3) is 0.417. The molecule has 3 fully saturated rings. The van der Waals surface area contributed by atoms with Crippen LogP contribution in [0.3, 0.4) is 0 Å². The smallest absolute Gasteiger partial charge is 0.240 e. The van der Waals surface area contributed by atoms with Gasteiger partial charge in [0.1, 0.15) is 11.5 Å². The lowest BCUT2D eigenvalue weighted by molar-refractivity contribution is 0.0317. The zero-order chi connectivity index (χ0) is 22.3. The molecule has 1 unspecified atom stereocenters. The lowest BCUT2D eigenvalue weighted by Gasteiger charge is -2.49. The van der Waals surface area contributed by atoms with Gasteiger partial charge in [-0.05, 0) is 69.5 Å². The molecule has 168 valence electrons. The van der Waals surface area contributed by atoms with Crippen molar-refractivity contribution in [2.24, 2.45) is 5.92 Å². The van der Waals surface area contributed by atoms with E-state index in [-0.39, 0.29) is 6.04 Å². The summed E-state index contributed by atoms with van der Waals surface area (Å²) in [5, 5.41) is 0. The van der Waals surface area contributed by atoms with Gasteiger partial charge in [0, 0.05) is 30.7 Å². The van der Waals surface area contributed by atoms with E-state index >= 15 is 0 Å². The van der Waals surface area contributed by atoms with Gasteiger partial charge in [0.15, 0.2) is 5.76 Å². The Morgan fingerprint density at radius 2 is 1.97 bits per heavy atom. The van der Waals surface area contributed by atoms with E-state index in [0.29, 0.717) is 23.3 Å². The number of rotatable bonds is 6. The van der Waals surface area contributed by atoms with E-state index in [4.69, 9.17) is 9.40 Å². The van der Waals surface area contributed by atoms with Crippen LogP contribution in [0, 0.1) is 19.8 Å². The lowest BCUT2D eigenvalue weighted by Crippen LogP contribution is -2.56. The van der Waals surface area contributed by atoms with Gasteiger partial charge in [0.25, 0.3) is 0 Å². The lowest BCUT2D eigenvalue weighted by atomic mass is 9.74. The first-order valence-electron chi connectivity index (χ1n) is 11.1. The molecule has 3 aromatic rings. The Balaban J connectivity index is 1.29. The number of hydrogen-bond donors (Lipinski definition) is 1. The van der Waals surface area contributed by atoms with Gasteiger partial charge in [-0.3, -0.25) is 4.90 Å². The van der Waals surface area contributed by atoms with E-state index in [9.17, 15) is 8.42 Å². The average Bonchev–Trinajstić information content (AvgIpc) is 3.33. The molecule has 8 heteroatoms. The van der Waals surface area contributed by atoms with Gasteiger partial charge in [-0.2, -0.15) is 0 Å². The number of sulfonamides is 1.